The SMILES string of the molecule is CC(C)C1=C[C@@]23CC[C@H]4[C@](C)(CO)CCC[C@]4(C)[C@H]2C[C@@H]1C[C@H]3CO.CC(C)C1=C[C@@]23CC[C@H]4[C@](C)(CO)CCC[C@]4(C)[C@H]2C[C@@H]1C[C@H]3CO.CC(C)C1=C[C@@]23CC[C@H]4[C@](C)(CO)CCC[C@]4(C)[C@H]2C[C@@H]1C[C@H]3CO.CC(C)C1=C[C@@]23CC[C@H]4[C@](C)(CO)CCC[C@]4(C)[C@H]2C[C@@H]1C[C@H]3CO. The summed E-state index contributed by atoms with van der Waals surface area (Å²) in [6.07, 6.45) is 45.7. The molecule has 0 unspecified atom stereocenters. The maximum absolute atomic E-state index is 10.2. The highest BCUT2D eigenvalue weighted by Crippen LogP contribution is 2.77. The van der Waals surface area contributed by atoms with Crippen LogP contribution in [0, 0.1) is 183 Å². The zero-order valence-corrected chi connectivity index (χ0v) is 66.9. The van der Waals surface area contributed by atoms with Crippen LogP contribution in [0.2, 0.25) is 0 Å². The lowest BCUT2D eigenvalue weighted by Crippen LogP contribution is -2.62. The smallest absolute Gasteiger partial charge is 0.0487 e. The molecule has 0 heterocycles. The first-order valence-electron chi connectivity index (χ1n) is 43.0. The van der Waals surface area contributed by atoms with Gasteiger partial charge in [0, 0.05) is 52.9 Å². The van der Waals surface area contributed by atoms with Crippen molar-refractivity contribution >= 4 is 0 Å². The summed E-state index contributed by atoms with van der Waals surface area (Å²) in [6, 6.07) is 0. The standard InChI is InChI=1S/4C23H38O2/c4*1-15(2)18-12-23-9-6-19-21(3,14-25)7-5-8-22(19,4)20(23)11-16(18)10-17(23)13-24/h4*12,15-17,19-20,24-25H,5-11,13-14H2,1-4H3/t4*16-,17-,19-,20+,21-,22-,23+/m0000/s1. The fourth-order valence-corrected chi connectivity index (χ4v) is 33.1. The minimum atomic E-state index is 0.102. The number of allylic oxidation sites excluding steroid dienone is 8. The molecule has 4 spiro atoms. The van der Waals surface area contributed by atoms with Gasteiger partial charge in [0.05, 0.1) is 0 Å². The second-order valence-electron chi connectivity index (χ2n) is 43.1. The number of fused-ring (bicyclic) bond motifs is 8. The molecule has 8 N–H and O–H groups in total. The third-order valence-electron chi connectivity index (χ3n) is 37.7. The third-order valence-corrected chi connectivity index (χ3v) is 37.7. The summed E-state index contributed by atoms with van der Waals surface area (Å²) in [5.74, 6) is 12.5. The molecule has 0 aliphatic heterocycles. The summed E-state index contributed by atoms with van der Waals surface area (Å²) >= 11 is 0. The highest BCUT2D eigenvalue weighted by atomic mass is 16.3. The van der Waals surface area contributed by atoms with Crippen LogP contribution in [0.15, 0.2) is 46.6 Å². The Morgan fingerprint density at radius 3 is 0.620 bits per heavy atom. The molecule has 8 nitrogen and oxygen atoms in total. The second kappa shape index (κ2) is 27.3. The van der Waals surface area contributed by atoms with E-state index in [1.54, 1.807) is 22.3 Å². The van der Waals surface area contributed by atoms with E-state index >= 15 is 0 Å². The molecule has 0 aromatic heterocycles. The Kier molecular flexibility index (Phi) is 21.0. The average molecular weight is 1390 g/mol. The Morgan fingerprint density at radius 1 is 0.270 bits per heavy atom. The number of rotatable bonds is 12. The molecule has 12 saturated carbocycles. The summed E-state index contributed by atoms with van der Waals surface area (Å²) in [5.41, 5.74) is 9.37. The molecule has 0 aromatic rings. The Hall–Kier alpha value is -1.36. The van der Waals surface area contributed by atoms with E-state index in [4.69, 9.17) is 0 Å². The number of hydrogen-bond donors (Lipinski definition) is 8. The van der Waals surface area contributed by atoms with Gasteiger partial charge in [0.15, 0.2) is 0 Å². The molecule has 8 heteroatoms. The number of hydrogen-bond acceptors (Lipinski definition) is 8. The predicted molar refractivity (Wildman–Crippen MR) is 408 cm³/mol. The monoisotopic (exact) mass is 1390 g/mol. The van der Waals surface area contributed by atoms with E-state index in [2.05, 4.69) is 135 Å². The maximum Gasteiger partial charge on any atom is 0.0487 e. The van der Waals surface area contributed by atoms with Crippen LogP contribution in [0.25, 0.3) is 0 Å². The van der Waals surface area contributed by atoms with E-state index in [-0.39, 0.29) is 43.3 Å². The van der Waals surface area contributed by atoms with Crippen LogP contribution in [0.3, 0.4) is 0 Å². The van der Waals surface area contributed by atoms with E-state index in [9.17, 15) is 40.9 Å². The lowest BCUT2D eigenvalue weighted by atomic mass is 9.36. The van der Waals surface area contributed by atoms with Gasteiger partial charge >= 0.3 is 0 Å². The number of aliphatic hydroxyl groups excluding tert-OH is 8. The van der Waals surface area contributed by atoms with Crippen molar-refractivity contribution in [3.05, 3.63) is 46.6 Å². The van der Waals surface area contributed by atoms with Gasteiger partial charge in [-0.2, -0.15) is 0 Å². The first kappa shape index (κ1) is 76.8. The molecular weight excluding hydrogens is 1230 g/mol. The van der Waals surface area contributed by atoms with Crippen molar-refractivity contribution < 1.29 is 40.9 Å². The molecule has 0 amide bonds. The van der Waals surface area contributed by atoms with Crippen molar-refractivity contribution in [1.29, 1.82) is 0 Å². The highest BCUT2D eigenvalue weighted by Gasteiger charge is 2.70. The predicted octanol–water partition coefficient (Wildman–Crippen LogP) is 19.2. The van der Waals surface area contributed by atoms with Gasteiger partial charge in [-0.3, -0.25) is 0 Å². The highest BCUT2D eigenvalue weighted by molar-refractivity contribution is 5.35. The fraction of sp³-hybridized carbons (Fsp3) is 0.913. The van der Waals surface area contributed by atoms with Crippen LogP contribution in [0.1, 0.15) is 291 Å². The van der Waals surface area contributed by atoms with E-state index in [1.807, 2.05) is 0 Å². The molecule has 100 heavy (non-hydrogen) atoms. The molecule has 0 saturated heterocycles. The summed E-state index contributed by atoms with van der Waals surface area (Å²) in [7, 11) is 0. The van der Waals surface area contributed by atoms with Gasteiger partial charge in [0.25, 0.3) is 0 Å². The molecule has 28 atom stereocenters. The van der Waals surface area contributed by atoms with Crippen molar-refractivity contribution in [2.75, 3.05) is 52.9 Å². The van der Waals surface area contributed by atoms with Crippen LogP contribution in [-0.4, -0.2) is 93.7 Å². The van der Waals surface area contributed by atoms with E-state index < -0.39 is 0 Å². The Morgan fingerprint density at radius 2 is 0.460 bits per heavy atom. The van der Waals surface area contributed by atoms with Crippen LogP contribution in [-0.2, 0) is 0 Å². The van der Waals surface area contributed by atoms with Crippen LogP contribution in [0.4, 0.5) is 0 Å². The zero-order valence-electron chi connectivity index (χ0n) is 66.9. The summed E-state index contributed by atoms with van der Waals surface area (Å²) in [4.78, 5) is 0. The molecule has 8 bridgehead atoms. The van der Waals surface area contributed by atoms with Crippen LogP contribution < -0.4 is 0 Å². The largest absolute Gasteiger partial charge is 0.396 e. The Bertz CT molecular complexity index is 2670. The fourth-order valence-electron chi connectivity index (χ4n) is 33.1. The molecule has 0 aromatic carbocycles. The Balaban J connectivity index is 0.000000119. The van der Waals surface area contributed by atoms with Gasteiger partial charge in [0.2, 0.25) is 0 Å². The molecule has 12 fully saturated rings. The van der Waals surface area contributed by atoms with Gasteiger partial charge in [-0.1, -0.05) is 183 Å². The van der Waals surface area contributed by atoms with Crippen molar-refractivity contribution in [2.24, 2.45) is 183 Å². The minimum Gasteiger partial charge on any atom is -0.396 e. The summed E-state index contributed by atoms with van der Waals surface area (Å²) in [5, 5.41) is 81.7. The minimum absolute atomic E-state index is 0.102. The first-order valence-corrected chi connectivity index (χ1v) is 43.0. The van der Waals surface area contributed by atoms with Crippen molar-refractivity contribution in [1.82, 2.24) is 0 Å². The molecule has 568 valence electrons. The molecule has 0 radical (unpaired) electrons. The molecule has 20 rings (SSSR count). The van der Waals surface area contributed by atoms with Crippen molar-refractivity contribution in [3.63, 3.8) is 0 Å². The third kappa shape index (κ3) is 11.4. The van der Waals surface area contributed by atoms with Gasteiger partial charge in [-0.25, -0.2) is 0 Å². The summed E-state index contributed by atoms with van der Waals surface area (Å²) < 4.78 is 0. The van der Waals surface area contributed by atoms with Crippen molar-refractivity contribution in [3.8, 4) is 0 Å². The van der Waals surface area contributed by atoms with E-state index in [1.165, 1.54) is 180 Å². The lowest BCUT2D eigenvalue weighted by molar-refractivity contribution is -0.181. The number of aliphatic hydroxyl groups is 8. The molecule has 20 aliphatic carbocycles. The Labute approximate surface area is 610 Å². The van der Waals surface area contributed by atoms with Gasteiger partial charge < -0.3 is 40.9 Å². The normalized spacial score (nSPS) is 51.9. The average Bonchev–Trinajstić information content (AvgIpc) is 0.709. The first-order chi connectivity index (χ1) is 47.2. The van der Waals surface area contributed by atoms with E-state index in [0.717, 1.165) is 0 Å². The lowest BCUT2D eigenvalue weighted by Gasteiger charge is -2.69. The quantitative estimate of drug-likeness (QED) is 0.0896. The van der Waals surface area contributed by atoms with Crippen LogP contribution >= 0.6 is 0 Å². The van der Waals surface area contributed by atoms with Gasteiger partial charge in [-0.15, -0.1) is 0 Å². The molecule has 20 aliphatic rings. The zero-order chi connectivity index (χ0) is 72.1. The van der Waals surface area contributed by atoms with Crippen LogP contribution in [0.5, 0.6) is 0 Å². The second-order valence-corrected chi connectivity index (χ2v) is 43.1. The molecular formula is C92H152O8. The van der Waals surface area contributed by atoms with E-state index in [0.29, 0.717) is 193 Å². The van der Waals surface area contributed by atoms with Gasteiger partial charge in [0.1, 0.15) is 0 Å². The maximum atomic E-state index is 10.2. The summed E-state index contributed by atoms with van der Waals surface area (Å²) in [6.45, 7) is 41.1. The topological polar surface area (TPSA) is 162 Å². The van der Waals surface area contributed by atoms with Crippen molar-refractivity contribution in [2.45, 2.75) is 291 Å². The van der Waals surface area contributed by atoms with Gasteiger partial charge in [-0.05, 0) is 337 Å².